The molecule has 1 saturated heterocycles. The van der Waals surface area contributed by atoms with Gasteiger partial charge in [-0.1, -0.05) is 12.8 Å². The SMILES string of the molecule is CS(=O)(=O)C1CCCN(C(=O)c2ccc3c(c2)[nH]c(=O)n3C2CCCC2)CC1. The quantitative estimate of drug-likeness (QED) is 0.849. The molecule has 1 aromatic heterocycles. The zero-order valence-electron chi connectivity index (χ0n) is 16.2. The predicted molar refractivity (Wildman–Crippen MR) is 108 cm³/mol. The average molecular weight is 406 g/mol. The topological polar surface area (TPSA) is 92.2 Å². The van der Waals surface area contributed by atoms with Crippen LogP contribution >= 0.6 is 0 Å². The Morgan fingerprint density at radius 3 is 2.54 bits per heavy atom. The third-order valence-corrected chi connectivity index (χ3v) is 7.90. The van der Waals surface area contributed by atoms with E-state index in [9.17, 15) is 18.0 Å². The Morgan fingerprint density at radius 2 is 1.82 bits per heavy atom. The molecule has 1 aliphatic heterocycles. The van der Waals surface area contributed by atoms with Crippen LogP contribution in [0.4, 0.5) is 0 Å². The zero-order chi connectivity index (χ0) is 19.9. The van der Waals surface area contributed by atoms with Crippen LogP contribution < -0.4 is 5.69 Å². The summed E-state index contributed by atoms with van der Waals surface area (Å²) in [7, 11) is -3.08. The summed E-state index contributed by atoms with van der Waals surface area (Å²) in [5.74, 6) is -0.106. The molecule has 0 spiro atoms. The first kappa shape index (κ1) is 19.2. The van der Waals surface area contributed by atoms with Crippen LogP contribution in [-0.2, 0) is 9.84 Å². The molecule has 7 nitrogen and oxygen atoms in total. The van der Waals surface area contributed by atoms with Gasteiger partial charge in [-0.15, -0.1) is 0 Å². The number of hydrogen-bond acceptors (Lipinski definition) is 4. The Balaban J connectivity index is 1.57. The van der Waals surface area contributed by atoms with Crippen LogP contribution in [-0.4, -0.2) is 53.4 Å². The van der Waals surface area contributed by atoms with Gasteiger partial charge >= 0.3 is 5.69 Å². The Morgan fingerprint density at radius 1 is 1.07 bits per heavy atom. The summed E-state index contributed by atoms with van der Waals surface area (Å²) >= 11 is 0. The minimum atomic E-state index is -3.08. The average Bonchev–Trinajstić information content (AvgIpc) is 3.18. The molecule has 1 unspecified atom stereocenters. The van der Waals surface area contributed by atoms with Crippen molar-refractivity contribution in [1.29, 1.82) is 0 Å². The van der Waals surface area contributed by atoms with Crippen LogP contribution in [0.2, 0.25) is 0 Å². The van der Waals surface area contributed by atoms with E-state index in [2.05, 4.69) is 4.98 Å². The van der Waals surface area contributed by atoms with Crippen molar-refractivity contribution in [2.75, 3.05) is 19.3 Å². The molecule has 1 saturated carbocycles. The molecular weight excluding hydrogens is 378 g/mol. The van der Waals surface area contributed by atoms with Crippen LogP contribution in [0.25, 0.3) is 11.0 Å². The number of rotatable bonds is 3. The highest BCUT2D eigenvalue weighted by atomic mass is 32.2. The number of likely N-dealkylation sites (tertiary alicyclic amines) is 1. The van der Waals surface area contributed by atoms with E-state index in [4.69, 9.17) is 0 Å². The third kappa shape index (κ3) is 3.62. The molecule has 2 heterocycles. The van der Waals surface area contributed by atoms with Crippen molar-refractivity contribution in [1.82, 2.24) is 14.5 Å². The smallest absolute Gasteiger partial charge is 0.326 e. The van der Waals surface area contributed by atoms with Gasteiger partial charge in [0.1, 0.15) is 9.84 Å². The Labute approximate surface area is 164 Å². The highest BCUT2D eigenvalue weighted by Crippen LogP contribution is 2.31. The van der Waals surface area contributed by atoms with Crippen molar-refractivity contribution in [3.05, 3.63) is 34.2 Å². The van der Waals surface area contributed by atoms with E-state index in [1.807, 2.05) is 10.6 Å². The van der Waals surface area contributed by atoms with Gasteiger partial charge in [0.2, 0.25) is 0 Å². The predicted octanol–water partition coefficient (Wildman–Crippen LogP) is 2.48. The van der Waals surface area contributed by atoms with Crippen molar-refractivity contribution in [2.45, 2.75) is 56.2 Å². The van der Waals surface area contributed by atoms with E-state index in [0.717, 1.165) is 31.2 Å². The molecular formula is C20H27N3O4S. The van der Waals surface area contributed by atoms with E-state index in [-0.39, 0.29) is 22.9 Å². The summed E-state index contributed by atoms with van der Waals surface area (Å²) in [4.78, 5) is 30.1. The number of carbonyl (C=O) groups is 1. The van der Waals surface area contributed by atoms with Gasteiger partial charge < -0.3 is 9.88 Å². The minimum Gasteiger partial charge on any atom is -0.339 e. The first-order valence-electron chi connectivity index (χ1n) is 10.1. The van der Waals surface area contributed by atoms with Crippen LogP contribution in [0.15, 0.2) is 23.0 Å². The molecule has 1 atom stereocenters. The van der Waals surface area contributed by atoms with Gasteiger partial charge in [0, 0.05) is 31.0 Å². The van der Waals surface area contributed by atoms with Crippen LogP contribution in [0, 0.1) is 0 Å². The molecule has 0 bridgehead atoms. The molecule has 152 valence electrons. The summed E-state index contributed by atoms with van der Waals surface area (Å²) < 4.78 is 25.5. The zero-order valence-corrected chi connectivity index (χ0v) is 17.0. The minimum absolute atomic E-state index is 0.106. The highest BCUT2D eigenvalue weighted by Gasteiger charge is 2.27. The lowest BCUT2D eigenvalue weighted by molar-refractivity contribution is 0.0762. The van der Waals surface area contributed by atoms with Crippen molar-refractivity contribution in [3.63, 3.8) is 0 Å². The molecule has 8 heteroatoms. The molecule has 1 N–H and O–H groups in total. The summed E-state index contributed by atoms with van der Waals surface area (Å²) in [6.45, 7) is 0.997. The maximum absolute atomic E-state index is 13.0. The Hall–Kier alpha value is -2.09. The maximum Gasteiger partial charge on any atom is 0.326 e. The van der Waals surface area contributed by atoms with Gasteiger partial charge in [-0.25, -0.2) is 13.2 Å². The van der Waals surface area contributed by atoms with E-state index in [1.54, 1.807) is 17.0 Å². The van der Waals surface area contributed by atoms with Crippen molar-refractivity contribution in [3.8, 4) is 0 Å². The molecule has 1 aliphatic carbocycles. The standard InChI is InChI=1S/C20H27N3O4S/c1-28(26,27)16-7-4-11-22(12-10-16)19(24)14-8-9-18-17(13-14)21-20(25)23(18)15-5-2-3-6-15/h8-9,13,15-16H,2-7,10-12H2,1H3,(H,21,25). The normalized spacial score (nSPS) is 21.9. The van der Waals surface area contributed by atoms with Crippen LogP contribution in [0.5, 0.6) is 0 Å². The monoisotopic (exact) mass is 405 g/mol. The number of carbonyl (C=O) groups excluding carboxylic acids is 1. The van der Waals surface area contributed by atoms with E-state index < -0.39 is 9.84 Å². The number of aromatic nitrogens is 2. The van der Waals surface area contributed by atoms with E-state index in [0.29, 0.717) is 43.4 Å². The molecule has 2 fully saturated rings. The van der Waals surface area contributed by atoms with Gasteiger partial charge in [0.15, 0.2) is 0 Å². The maximum atomic E-state index is 13.0. The summed E-state index contributed by atoms with van der Waals surface area (Å²) in [5, 5.41) is -0.371. The van der Waals surface area contributed by atoms with Gasteiger partial charge in [0.05, 0.1) is 16.3 Å². The van der Waals surface area contributed by atoms with Crippen molar-refractivity contribution >= 4 is 26.8 Å². The second-order valence-electron chi connectivity index (χ2n) is 8.15. The first-order valence-corrected chi connectivity index (χ1v) is 12.0. The van der Waals surface area contributed by atoms with Gasteiger partial charge in [0.25, 0.3) is 5.91 Å². The lowest BCUT2D eigenvalue weighted by atomic mass is 10.1. The number of nitrogens with one attached hydrogen (secondary N) is 1. The second-order valence-corrected chi connectivity index (χ2v) is 10.5. The molecule has 2 aromatic rings. The third-order valence-electron chi connectivity index (χ3n) is 6.22. The van der Waals surface area contributed by atoms with Gasteiger partial charge in [-0.2, -0.15) is 0 Å². The number of hydrogen-bond donors (Lipinski definition) is 1. The molecule has 2 aliphatic rings. The molecule has 28 heavy (non-hydrogen) atoms. The summed E-state index contributed by atoms with van der Waals surface area (Å²) in [6.07, 6.45) is 7.34. The Bertz CT molecular complexity index is 1050. The molecule has 0 radical (unpaired) electrons. The number of nitrogens with zero attached hydrogens (tertiary/aromatic N) is 2. The number of H-pyrrole nitrogens is 1. The Kier molecular flexibility index (Phi) is 5.07. The summed E-state index contributed by atoms with van der Waals surface area (Å²) in [5.41, 5.74) is 1.95. The number of benzene rings is 1. The van der Waals surface area contributed by atoms with Crippen LogP contribution in [0.1, 0.15) is 61.3 Å². The molecule has 4 rings (SSSR count). The van der Waals surface area contributed by atoms with Crippen molar-refractivity contribution < 1.29 is 13.2 Å². The number of fused-ring (bicyclic) bond motifs is 1. The van der Waals surface area contributed by atoms with Crippen molar-refractivity contribution in [2.24, 2.45) is 0 Å². The number of amides is 1. The van der Waals surface area contributed by atoms with Crippen LogP contribution in [0.3, 0.4) is 0 Å². The lowest BCUT2D eigenvalue weighted by Gasteiger charge is -2.20. The van der Waals surface area contributed by atoms with E-state index in [1.165, 1.54) is 6.26 Å². The first-order chi connectivity index (χ1) is 13.3. The molecule has 1 aromatic carbocycles. The molecule has 1 amide bonds. The van der Waals surface area contributed by atoms with Gasteiger partial charge in [-0.05, 0) is 50.3 Å². The van der Waals surface area contributed by atoms with E-state index >= 15 is 0 Å². The number of sulfone groups is 1. The largest absolute Gasteiger partial charge is 0.339 e. The van der Waals surface area contributed by atoms with Gasteiger partial charge in [-0.3, -0.25) is 9.36 Å². The summed E-state index contributed by atoms with van der Waals surface area (Å²) in [6, 6.07) is 5.63. The number of imidazole rings is 1. The fraction of sp³-hybridized carbons (Fsp3) is 0.600. The second kappa shape index (κ2) is 7.39. The number of aromatic amines is 1. The lowest BCUT2D eigenvalue weighted by Crippen LogP contribution is -2.32. The fourth-order valence-corrected chi connectivity index (χ4v) is 5.80. The highest BCUT2D eigenvalue weighted by molar-refractivity contribution is 7.91. The fourth-order valence-electron chi connectivity index (χ4n) is 4.67.